The molecule has 1 heterocycles. The normalized spacial score (nSPS) is 42.2. The summed E-state index contributed by atoms with van der Waals surface area (Å²) in [6, 6.07) is 0. The van der Waals surface area contributed by atoms with Crippen molar-refractivity contribution in [2.75, 3.05) is 6.61 Å². The van der Waals surface area contributed by atoms with Gasteiger partial charge in [0.1, 0.15) is 24.4 Å². The molecule has 7 heteroatoms. The highest BCUT2D eigenvalue weighted by Crippen LogP contribution is 2.22. The molecule has 15 heavy (non-hydrogen) atoms. The number of aliphatic hydroxyl groups excluding tert-OH is 4. The maximum atomic E-state index is 9.55. The molecule has 0 aromatic rings. The lowest BCUT2D eigenvalue weighted by Crippen LogP contribution is -2.59. The molecule has 0 aromatic carbocycles. The van der Waals surface area contributed by atoms with Crippen molar-refractivity contribution < 1.29 is 29.6 Å². The first kappa shape index (κ1) is 13.0. The number of aliphatic hydroxyl groups is 4. The SMILES string of the molecule is C[SiH](C)O[C@@H]1O[C@H](CO)[C@@H](O)[C@H](O)[C@H]1O. The van der Waals surface area contributed by atoms with Crippen LogP contribution in [0.5, 0.6) is 0 Å². The van der Waals surface area contributed by atoms with Crippen molar-refractivity contribution in [2.45, 2.75) is 43.8 Å². The average molecular weight is 238 g/mol. The standard InChI is InChI=1S/C8H18O6Si/c1-15(2)14-8-7(12)6(11)5(10)4(3-9)13-8/h4-12,15H,3H2,1-2H3/t4-,5-,6+,7-,8+/m1/s1. The van der Waals surface area contributed by atoms with Gasteiger partial charge in [0.05, 0.1) is 6.61 Å². The van der Waals surface area contributed by atoms with E-state index in [2.05, 4.69) is 0 Å². The largest absolute Gasteiger partial charge is 0.394 e. The molecule has 0 saturated carbocycles. The molecular weight excluding hydrogens is 220 g/mol. The summed E-state index contributed by atoms with van der Waals surface area (Å²) in [7, 11) is -1.43. The van der Waals surface area contributed by atoms with Crippen LogP contribution in [0.25, 0.3) is 0 Å². The molecule has 1 saturated heterocycles. The average Bonchev–Trinajstić information content (AvgIpc) is 2.18. The topological polar surface area (TPSA) is 99.4 Å². The van der Waals surface area contributed by atoms with Crippen molar-refractivity contribution in [2.24, 2.45) is 0 Å². The zero-order valence-electron chi connectivity index (χ0n) is 8.78. The third-order valence-corrected chi connectivity index (χ3v) is 3.07. The van der Waals surface area contributed by atoms with Gasteiger partial charge in [0.15, 0.2) is 15.3 Å². The third-order valence-electron chi connectivity index (χ3n) is 2.25. The van der Waals surface area contributed by atoms with Gasteiger partial charge in [-0.2, -0.15) is 0 Å². The monoisotopic (exact) mass is 238 g/mol. The van der Waals surface area contributed by atoms with Crippen molar-refractivity contribution in [3.05, 3.63) is 0 Å². The van der Waals surface area contributed by atoms with Gasteiger partial charge in [-0.3, -0.25) is 0 Å². The van der Waals surface area contributed by atoms with Gasteiger partial charge >= 0.3 is 0 Å². The van der Waals surface area contributed by atoms with Gasteiger partial charge in [-0.15, -0.1) is 0 Å². The number of ether oxygens (including phenoxy) is 1. The molecule has 0 bridgehead atoms. The third kappa shape index (κ3) is 2.97. The van der Waals surface area contributed by atoms with Gasteiger partial charge in [0.25, 0.3) is 0 Å². The van der Waals surface area contributed by atoms with Crippen molar-refractivity contribution in [1.29, 1.82) is 0 Å². The van der Waals surface area contributed by atoms with Gasteiger partial charge in [-0.25, -0.2) is 0 Å². The Labute approximate surface area is 89.8 Å². The number of hydrogen-bond donors (Lipinski definition) is 4. The van der Waals surface area contributed by atoms with Crippen LogP contribution < -0.4 is 0 Å². The molecular formula is C8H18O6Si. The zero-order chi connectivity index (χ0) is 11.6. The number of rotatable bonds is 3. The lowest BCUT2D eigenvalue weighted by atomic mass is 10.00. The second-order valence-electron chi connectivity index (χ2n) is 3.88. The first-order chi connectivity index (χ1) is 6.97. The van der Waals surface area contributed by atoms with E-state index in [0.717, 1.165) is 0 Å². The Kier molecular flexibility index (Phi) is 4.65. The lowest BCUT2D eigenvalue weighted by molar-refractivity contribution is -0.279. The van der Waals surface area contributed by atoms with E-state index in [0.29, 0.717) is 0 Å². The van der Waals surface area contributed by atoms with Crippen LogP contribution in [0.2, 0.25) is 13.1 Å². The smallest absolute Gasteiger partial charge is 0.177 e. The fourth-order valence-corrected chi connectivity index (χ4v) is 2.21. The van der Waals surface area contributed by atoms with Gasteiger partial charge in [0.2, 0.25) is 0 Å². The van der Waals surface area contributed by atoms with Crippen molar-refractivity contribution in [1.82, 2.24) is 0 Å². The van der Waals surface area contributed by atoms with E-state index in [1.807, 2.05) is 13.1 Å². The minimum Gasteiger partial charge on any atom is -0.394 e. The summed E-state index contributed by atoms with van der Waals surface area (Å²) in [5.74, 6) is 0. The summed E-state index contributed by atoms with van der Waals surface area (Å²) < 4.78 is 10.5. The molecule has 0 aromatic heterocycles. The molecule has 1 aliphatic heterocycles. The Morgan fingerprint density at radius 1 is 1.13 bits per heavy atom. The Bertz CT molecular complexity index is 200. The maximum absolute atomic E-state index is 9.55. The maximum Gasteiger partial charge on any atom is 0.177 e. The van der Waals surface area contributed by atoms with E-state index in [-0.39, 0.29) is 0 Å². The Hall–Kier alpha value is -0.0231. The summed E-state index contributed by atoms with van der Waals surface area (Å²) in [6.45, 7) is 3.35. The first-order valence-electron chi connectivity index (χ1n) is 4.93. The lowest BCUT2D eigenvalue weighted by Gasteiger charge is -2.40. The van der Waals surface area contributed by atoms with Crippen LogP contribution in [-0.2, 0) is 9.16 Å². The van der Waals surface area contributed by atoms with E-state index in [9.17, 15) is 15.3 Å². The molecule has 4 N–H and O–H groups in total. The fourth-order valence-electron chi connectivity index (χ4n) is 1.45. The predicted octanol–water partition coefficient (Wildman–Crippen LogP) is -2.21. The Morgan fingerprint density at radius 3 is 2.20 bits per heavy atom. The predicted molar refractivity (Wildman–Crippen MR) is 53.7 cm³/mol. The molecule has 90 valence electrons. The molecule has 1 aliphatic rings. The van der Waals surface area contributed by atoms with Gasteiger partial charge < -0.3 is 29.6 Å². The summed E-state index contributed by atoms with van der Waals surface area (Å²) in [5.41, 5.74) is 0. The quantitative estimate of drug-likeness (QED) is 0.416. The highest BCUT2D eigenvalue weighted by molar-refractivity contribution is 6.48. The van der Waals surface area contributed by atoms with E-state index in [1.54, 1.807) is 0 Å². The van der Waals surface area contributed by atoms with Crippen LogP contribution in [0.15, 0.2) is 0 Å². The van der Waals surface area contributed by atoms with E-state index in [1.165, 1.54) is 0 Å². The van der Waals surface area contributed by atoms with Gasteiger partial charge in [-0.05, 0) is 13.1 Å². The Balaban J connectivity index is 2.65. The van der Waals surface area contributed by atoms with Crippen LogP contribution in [0.3, 0.4) is 0 Å². The summed E-state index contributed by atoms with van der Waals surface area (Å²) in [6.07, 6.45) is -5.81. The molecule has 0 aliphatic carbocycles. The molecule has 0 unspecified atom stereocenters. The van der Waals surface area contributed by atoms with Crippen LogP contribution in [0.1, 0.15) is 0 Å². The molecule has 0 spiro atoms. The van der Waals surface area contributed by atoms with Gasteiger partial charge in [0, 0.05) is 0 Å². The fraction of sp³-hybridized carbons (Fsp3) is 1.00. The van der Waals surface area contributed by atoms with E-state index in [4.69, 9.17) is 14.3 Å². The molecule has 0 amide bonds. The minimum atomic E-state index is -1.43. The molecule has 1 fully saturated rings. The van der Waals surface area contributed by atoms with Crippen molar-refractivity contribution >= 4 is 9.04 Å². The van der Waals surface area contributed by atoms with Crippen LogP contribution >= 0.6 is 0 Å². The van der Waals surface area contributed by atoms with E-state index < -0.39 is 46.4 Å². The summed E-state index contributed by atoms with van der Waals surface area (Å²) in [4.78, 5) is 0. The van der Waals surface area contributed by atoms with Crippen molar-refractivity contribution in [3.8, 4) is 0 Å². The number of hydrogen-bond acceptors (Lipinski definition) is 6. The molecule has 6 nitrogen and oxygen atoms in total. The second-order valence-corrected chi connectivity index (χ2v) is 6.25. The summed E-state index contributed by atoms with van der Waals surface area (Å²) in [5, 5.41) is 37.3. The highest BCUT2D eigenvalue weighted by atomic mass is 28.3. The van der Waals surface area contributed by atoms with Crippen LogP contribution in [0, 0.1) is 0 Å². The molecule has 0 radical (unpaired) electrons. The van der Waals surface area contributed by atoms with E-state index >= 15 is 0 Å². The van der Waals surface area contributed by atoms with Crippen molar-refractivity contribution in [3.63, 3.8) is 0 Å². The van der Waals surface area contributed by atoms with Crippen LogP contribution in [-0.4, -0.2) is 66.8 Å². The second kappa shape index (κ2) is 5.35. The van der Waals surface area contributed by atoms with Crippen LogP contribution in [0.4, 0.5) is 0 Å². The Morgan fingerprint density at radius 2 is 1.73 bits per heavy atom. The summed E-state index contributed by atoms with van der Waals surface area (Å²) >= 11 is 0. The minimum absolute atomic E-state index is 0.426. The first-order valence-corrected chi connectivity index (χ1v) is 7.71. The zero-order valence-corrected chi connectivity index (χ0v) is 9.93. The van der Waals surface area contributed by atoms with Gasteiger partial charge in [-0.1, -0.05) is 0 Å². The molecule has 1 rings (SSSR count). The molecule has 5 atom stereocenters. The highest BCUT2D eigenvalue weighted by Gasteiger charge is 2.44.